The number of benzene rings is 1. The molecule has 0 aliphatic carbocycles. The Labute approximate surface area is 167 Å². The summed E-state index contributed by atoms with van der Waals surface area (Å²) in [5.74, 6) is -0.0572. The van der Waals surface area contributed by atoms with Crippen LogP contribution in [0.25, 0.3) is 16.9 Å². The van der Waals surface area contributed by atoms with Gasteiger partial charge in [0, 0.05) is 18.8 Å². The number of nitrogens with zero attached hydrogens (tertiary/aromatic N) is 5. The number of hydrogen-bond donors (Lipinski definition) is 1. The van der Waals surface area contributed by atoms with Crippen molar-refractivity contribution in [1.29, 1.82) is 0 Å². The molecule has 1 aromatic carbocycles. The van der Waals surface area contributed by atoms with Crippen LogP contribution in [0, 0.1) is 0 Å². The molecule has 0 spiro atoms. The third kappa shape index (κ3) is 4.09. The fourth-order valence-electron chi connectivity index (χ4n) is 2.89. The maximum Gasteiger partial charge on any atom is 0.573 e. The zero-order valence-corrected chi connectivity index (χ0v) is 15.6. The highest BCUT2D eigenvalue weighted by molar-refractivity contribution is 5.93. The van der Waals surface area contributed by atoms with Crippen molar-refractivity contribution in [3.05, 3.63) is 66.2 Å². The number of hydrogen-bond acceptors (Lipinski definition) is 5. The van der Waals surface area contributed by atoms with Gasteiger partial charge in [-0.3, -0.25) is 14.3 Å². The molecule has 154 valence electrons. The summed E-state index contributed by atoms with van der Waals surface area (Å²) < 4.78 is 42.4. The van der Waals surface area contributed by atoms with Crippen LogP contribution < -0.4 is 4.74 Å². The van der Waals surface area contributed by atoms with Gasteiger partial charge in [-0.1, -0.05) is 6.07 Å². The highest BCUT2D eigenvalue weighted by atomic mass is 19.4. The van der Waals surface area contributed by atoms with E-state index in [2.05, 4.69) is 25.1 Å². The summed E-state index contributed by atoms with van der Waals surface area (Å²) >= 11 is 0. The fraction of sp³-hybridized carbons (Fsp3) is 0.158. The van der Waals surface area contributed by atoms with Gasteiger partial charge >= 0.3 is 6.36 Å². The van der Waals surface area contributed by atoms with E-state index in [0.717, 1.165) is 0 Å². The first-order valence-corrected chi connectivity index (χ1v) is 8.76. The predicted molar refractivity (Wildman–Crippen MR) is 99.5 cm³/mol. The van der Waals surface area contributed by atoms with Crippen LogP contribution in [0.2, 0.25) is 0 Å². The molecular formula is C19H15F3N6O2. The molecule has 8 nitrogen and oxygen atoms in total. The number of amides is 1. The topological polar surface area (TPSA) is 88.4 Å². The molecule has 11 heteroatoms. The lowest BCUT2D eigenvalue weighted by atomic mass is 10.1. The van der Waals surface area contributed by atoms with Gasteiger partial charge < -0.3 is 9.64 Å². The maximum absolute atomic E-state index is 12.7. The molecule has 0 aliphatic rings. The van der Waals surface area contributed by atoms with Crippen LogP contribution in [-0.4, -0.2) is 49.0 Å². The minimum absolute atomic E-state index is 0.224. The lowest BCUT2D eigenvalue weighted by Crippen LogP contribution is -2.27. The highest BCUT2D eigenvalue weighted by Crippen LogP contribution is 2.26. The quantitative estimate of drug-likeness (QED) is 0.539. The minimum atomic E-state index is -4.76. The number of rotatable bonds is 5. The molecule has 0 radical (unpaired) electrons. The largest absolute Gasteiger partial charge is 0.573 e. The van der Waals surface area contributed by atoms with Crippen LogP contribution >= 0.6 is 0 Å². The summed E-state index contributed by atoms with van der Waals surface area (Å²) in [6.07, 6.45) is -2.95. The van der Waals surface area contributed by atoms with Gasteiger partial charge in [0.25, 0.3) is 5.91 Å². The van der Waals surface area contributed by atoms with Gasteiger partial charge in [-0.15, -0.1) is 23.4 Å². The number of H-pyrrole nitrogens is 1. The standard InChI is InChI=1S/C19H15F3N6O2/c1-27(11-17-26-25-16-4-2-3-9-28(16)17)18(29)15-10-14(23-24-15)12-5-7-13(8-6-12)30-19(20,21)22/h2-10H,11H2,1H3,(H,23,24). The molecule has 0 fully saturated rings. The summed E-state index contributed by atoms with van der Waals surface area (Å²) in [7, 11) is 1.62. The number of ether oxygens (including phenoxy) is 1. The number of carbonyl (C=O) groups is 1. The molecule has 0 bridgehead atoms. The summed E-state index contributed by atoms with van der Waals surface area (Å²) in [5.41, 5.74) is 1.86. The number of carbonyl (C=O) groups excluding carboxylic acids is 1. The molecule has 0 unspecified atom stereocenters. The molecule has 0 atom stereocenters. The lowest BCUT2D eigenvalue weighted by Gasteiger charge is -2.14. The molecule has 3 aromatic heterocycles. The van der Waals surface area contributed by atoms with Gasteiger partial charge in [-0.05, 0) is 42.5 Å². The number of alkyl halides is 3. The molecule has 30 heavy (non-hydrogen) atoms. The number of pyridine rings is 1. The maximum atomic E-state index is 12.7. The Morgan fingerprint density at radius 2 is 1.93 bits per heavy atom. The Hall–Kier alpha value is -3.89. The van der Waals surface area contributed by atoms with Crippen molar-refractivity contribution in [1.82, 2.24) is 29.7 Å². The normalized spacial score (nSPS) is 11.6. The molecule has 4 aromatic rings. The Morgan fingerprint density at radius 1 is 1.17 bits per heavy atom. The Balaban J connectivity index is 1.47. The molecule has 0 saturated carbocycles. The van der Waals surface area contributed by atoms with E-state index in [1.165, 1.54) is 35.2 Å². The van der Waals surface area contributed by atoms with Crippen LogP contribution in [0.5, 0.6) is 5.75 Å². The summed E-state index contributed by atoms with van der Waals surface area (Å²) in [6.45, 7) is 0.224. The molecule has 0 saturated heterocycles. The number of fused-ring (bicyclic) bond motifs is 1. The third-order valence-electron chi connectivity index (χ3n) is 4.30. The van der Waals surface area contributed by atoms with E-state index in [-0.39, 0.29) is 23.9 Å². The molecule has 1 N–H and O–H groups in total. The zero-order chi connectivity index (χ0) is 21.3. The van der Waals surface area contributed by atoms with Gasteiger partial charge in [0.1, 0.15) is 11.4 Å². The van der Waals surface area contributed by atoms with Crippen LogP contribution in [0.3, 0.4) is 0 Å². The zero-order valence-electron chi connectivity index (χ0n) is 15.6. The van der Waals surface area contributed by atoms with E-state index in [1.54, 1.807) is 11.4 Å². The number of aromatic nitrogens is 5. The van der Waals surface area contributed by atoms with Crippen LogP contribution in [-0.2, 0) is 6.54 Å². The van der Waals surface area contributed by atoms with Crippen molar-refractivity contribution in [3.8, 4) is 17.0 Å². The van der Waals surface area contributed by atoms with E-state index >= 15 is 0 Å². The summed E-state index contributed by atoms with van der Waals surface area (Å²) in [6, 6.07) is 12.2. The third-order valence-corrected chi connectivity index (χ3v) is 4.30. The smallest absolute Gasteiger partial charge is 0.406 e. The highest BCUT2D eigenvalue weighted by Gasteiger charge is 2.31. The molecule has 4 rings (SSSR count). The molecule has 1 amide bonds. The van der Waals surface area contributed by atoms with Crippen molar-refractivity contribution in [3.63, 3.8) is 0 Å². The van der Waals surface area contributed by atoms with Gasteiger partial charge in [0.2, 0.25) is 0 Å². The summed E-state index contributed by atoms with van der Waals surface area (Å²) in [5, 5.41) is 14.9. The fourth-order valence-corrected chi connectivity index (χ4v) is 2.89. The van der Waals surface area contributed by atoms with Crippen LogP contribution in [0.15, 0.2) is 54.7 Å². The average Bonchev–Trinajstić information content (AvgIpc) is 3.35. The van der Waals surface area contributed by atoms with Gasteiger partial charge in [-0.2, -0.15) is 5.10 Å². The first-order chi connectivity index (χ1) is 14.3. The van der Waals surface area contributed by atoms with Crippen molar-refractivity contribution < 1.29 is 22.7 Å². The van der Waals surface area contributed by atoms with E-state index in [9.17, 15) is 18.0 Å². The lowest BCUT2D eigenvalue weighted by molar-refractivity contribution is -0.274. The second kappa shape index (κ2) is 7.50. The van der Waals surface area contributed by atoms with Crippen molar-refractivity contribution in [2.24, 2.45) is 0 Å². The van der Waals surface area contributed by atoms with Gasteiger partial charge in [0.05, 0.1) is 12.2 Å². The van der Waals surface area contributed by atoms with Gasteiger partial charge in [0.15, 0.2) is 11.5 Å². The van der Waals surface area contributed by atoms with Crippen LogP contribution in [0.1, 0.15) is 16.3 Å². The Morgan fingerprint density at radius 3 is 2.67 bits per heavy atom. The monoisotopic (exact) mass is 416 g/mol. The minimum Gasteiger partial charge on any atom is -0.406 e. The predicted octanol–water partition coefficient (Wildman–Crippen LogP) is 3.29. The number of aromatic amines is 1. The van der Waals surface area contributed by atoms with E-state index in [1.807, 2.05) is 24.4 Å². The molecule has 0 aliphatic heterocycles. The van der Waals surface area contributed by atoms with Gasteiger partial charge in [-0.25, -0.2) is 0 Å². The SMILES string of the molecule is CN(Cc1nnc2ccccn12)C(=O)c1cc(-c2ccc(OC(F)(F)F)cc2)n[nH]1. The summed E-state index contributed by atoms with van der Waals surface area (Å²) in [4.78, 5) is 14.2. The van der Waals surface area contributed by atoms with Crippen molar-refractivity contribution >= 4 is 11.6 Å². The first kappa shape index (κ1) is 19.4. The number of nitrogens with one attached hydrogen (secondary N) is 1. The molecular weight excluding hydrogens is 401 g/mol. The van der Waals surface area contributed by atoms with Crippen molar-refractivity contribution in [2.75, 3.05) is 7.05 Å². The molecule has 3 heterocycles. The van der Waals surface area contributed by atoms with Crippen molar-refractivity contribution in [2.45, 2.75) is 12.9 Å². The van der Waals surface area contributed by atoms with E-state index < -0.39 is 6.36 Å². The number of halogens is 3. The first-order valence-electron chi connectivity index (χ1n) is 8.76. The van der Waals surface area contributed by atoms with E-state index in [0.29, 0.717) is 22.7 Å². The van der Waals surface area contributed by atoms with Crippen LogP contribution in [0.4, 0.5) is 13.2 Å². The second-order valence-electron chi connectivity index (χ2n) is 6.45. The Kier molecular flexibility index (Phi) is 4.86. The second-order valence-corrected chi connectivity index (χ2v) is 6.45. The Bertz CT molecular complexity index is 1180. The van der Waals surface area contributed by atoms with E-state index in [4.69, 9.17) is 0 Å². The average molecular weight is 416 g/mol.